The molecule has 0 saturated heterocycles. The first-order chi connectivity index (χ1) is 16.0. The molecule has 0 aliphatic rings. The Hall–Kier alpha value is -3.07. The van der Waals surface area contributed by atoms with Crippen LogP contribution < -0.4 is 9.47 Å². The normalized spacial score (nSPS) is 13.3. The second-order valence-corrected chi connectivity index (χ2v) is 8.77. The Morgan fingerprint density at radius 1 is 1.06 bits per heavy atom. The summed E-state index contributed by atoms with van der Waals surface area (Å²) in [5.74, 6) is 0.740. The van der Waals surface area contributed by atoms with Gasteiger partial charge in [-0.3, -0.25) is 0 Å². The first-order valence-corrected chi connectivity index (χ1v) is 11.6. The zero-order valence-electron chi connectivity index (χ0n) is 19.5. The maximum absolute atomic E-state index is 12.8. The van der Waals surface area contributed by atoms with Gasteiger partial charge in [0.1, 0.15) is 22.6 Å². The molecule has 0 radical (unpaired) electrons. The average molecular weight is 494 g/mol. The maximum atomic E-state index is 12.8. The molecule has 0 spiro atoms. The molecule has 1 heterocycles. The number of esters is 1. The predicted octanol–water partition coefficient (Wildman–Crippen LogP) is 6.92. The Kier molecular flexibility index (Phi) is 7.86. The number of aryl methyl sites for hydroxylation is 2. The summed E-state index contributed by atoms with van der Waals surface area (Å²) in [6.45, 7) is 9.24. The molecule has 1 aromatic heterocycles. The molecule has 182 valence electrons. The van der Waals surface area contributed by atoms with E-state index in [4.69, 9.17) is 14.2 Å². The fourth-order valence-corrected chi connectivity index (χ4v) is 4.35. The van der Waals surface area contributed by atoms with Crippen LogP contribution >= 0.6 is 11.3 Å². The molecule has 0 fully saturated rings. The van der Waals surface area contributed by atoms with E-state index in [1.54, 1.807) is 26.0 Å². The minimum absolute atomic E-state index is 0.285. The van der Waals surface area contributed by atoms with Gasteiger partial charge in [0, 0.05) is 5.56 Å². The van der Waals surface area contributed by atoms with Gasteiger partial charge < -0.3 is 14.2 Å². The van der Waals surface area contributed by atoms with E-state index in [1.807, 2.05) is 26.8 Å². The van der Waals surface area contributed by atoms with Gasteiger partial charge in [0.05, 0.1) is 22.7 Å². The lowest BCUT2D eigenvalue weighted by atomic mass is 10.1. The third kappa shape index (κ3) is 6.08. The van der Waals surface area contributed by atoms with Crippen LogP contribution in [0.5, 0.6) is 11.5 Å². The van der Waals surface area contributed by atoms with Crippen LogP contribution in [0.3, 0.4) is 0 Å². The molecular formula is C25H26F3NO4S. The van der Waals surface area contributed by atoms with E-state index in [0.717, 1.165) is 28.3 Å². The third-order valence-corrected chi connectivity index (χ3v) is 6.41. The first kappa shape index (κ1) is 25.6. The zero-order chi connectivity index (χ0) is 25.0. The molecule has 9 heteroatoms. The molecule has 2 atom stereocenters. The Balaban J connectivity index is 1.71. The zero-order valence-corrected chi connectivity index (χ0v) is 20.3. The monoisotopic (exact) mass is 493 g/mol. The Morgan fingerprint density at radius 3 is 2.32 bits per heavy atom. The van der Waals surface area contributed by atoms with Crippen LogP contribution in [0.1, 0.15) is 48.6 Å². The first-order valence-electron chi connectivity index (χ1n) is 10.7. The molecule has 3 rings (SSSR count). The second kappa shape index (κ2) is 10.5. The highest BCUT2D eigenvalue weighted by molar-refractivity contribution is 7.15. The van der Waals surface area contributed by atoms with Gasteiger partial charge in [-0.05, 0) is 70.5 Å². The van der Waals surface area contributed by atoms with E-state index in [9.17, 15) is 18.0 Å². The number of nitrogens with zero attached hydrogens (tertiary/aromatic N) is 1. The number of hydrogen-bond acceptors (Lipinski definition) is 6. The van der Waals surface area contributed by atoms with Crippen LogP contribution in [0.15, 0.2) is 42.5 Å². The molecule has 2 aromatic carbocycles. The number of carbonyl (C=O) groups is 1. The maximum Gasteiger partial charge on any atom is 0.416 e. The van der Waals surface area contributed by atoms with E-state index < -0.39 is 23.8 Å². The van der Waals surface area contributed by atoms with Gasteiger partial charge >= 0.3 is 12.1 Å². The molecule has 0 saturated carbocycles. The van der Waals surface area contributed by atoms with Gasteiger partial charge in [-0.2, -0.15) is 13.2 Å². The molecule has 0 aliphatic carbocycles. The summed E-state index contributed by atoms with van der Waals surface area (Å²) in [5, 5.41) is 0.629. The number of halogens is 3. The van der Waals surface area contributed by atoms with Crippen molar-refractivity contribution in [2.45, 2.75) is 53.0 Å². The Bertz CT molecular complexity index is 1140. The number of hydrogen-bond donors (Lipinski definition) is 0. The summed E-state index contributed by atoms with van der Waals surface area (Å²) < 4.78 is 55.2. The van der Waals surface area contributed by atoms with Crippen LogP contribution in [0.2, 0.25) is 0 Å². The molecule has 0 amide bonds. The lowest BCUT2D eigenvalue weighted by Crippen LogP contribution is -2.26. The summed E-state index contributed by atoms with van der Waals surface area (Å²) in [6, 6.07) is 10.3. The number of rotatable bonds is 8. The summed E-state index contributed by atoms with van der Waals surface area (Å²) >= 11 is 1.38. The molecule has 34 heavy (non-hydrogen) atoms. The number of alkyl halides is 3. The van der Waals surface area contributed by atoms with E-state index in [1.165, 1.54) is 23.5 Å². The number of ether oxygens (including phenoxy) is 3. The van der Waals surface area contributed by atoms with Crippen molar-refractivity contribution in [3.8, 4) is 22.1 Å². The smallest absolute Gasteiger partial charge is 0.416 e. The fourth-order valence-electron chi connectivity index (χ4n) is 3.29. The van der Waals surface area contributed by atoms with Crippen molar-refractivity contribution < 1.29 is 32.2 Å². The lowest BCUT2D eigenvalue weighted by molar-refractivity contribution is -0.150. The van der Waals surface area contributed by atoms with Crippen LogP contribution in [0, 0.1) is 13.8 Å². The minimum Gasteiger partial charge on any atom is -0.485 e. The van der Waals surface area contributed by atoms with Crippen molar-refractivity contribution >= 4 is 17.3 Å². The number of benzene rings is 2. The summed E-state index contributed by atoms with van der Waals surface area (Å²) in [6.07, 6.45) is -5.43. The molecule has 0 aliphatic heterocycles. The highest BCUT2D eigenvalue weighted by Gasteiger charge is 2.30. The van der Waals surface area contributed by atoms with E-state index >= 15 is 0 Å². The van der Waals surface area contributed by atoms with Crippen LogP contribution in [-0.4, -0.2) is 23.7 Å². The van der Waals surface area contributed by atoms with Crippen molar-refractivity contribution in [1.82, 2.24) is 4.98 Å². The molecule has 0 N–H and O–H groups in total. The molecular weight excluding hydrogens is 467 g/mol. The highest BCUT2D eigenvalue weighted by Crippen LogP contribution is 2.36. The number of carbonyl (C=O) groups excluding carboxylic acids is 1. The minimum atomic E-state index is -4.37. The van der Waals surface area contributed by atoms with Crippen molar-refractivity contribution in [2.24, 2.45) is 0 Å². The molecule has 5 nitrogen and oxygen atoms in total. The van der Waals surface area contributed by atoms with Crippen molar-refractivity contribution in [3.63, 3.8) is 0 Å². The van der Waals surface area contributed by atoms with Gasteiger partial charge in [0.25, 0.3) is 0 Å². The van der Waals surface area contributed by atoms with E-state index in [0.29, 0.717) is 22.1 Å². The fraction of sp³-hybridized carbons (Fsp3) is 0.360. The van der Waals surface area contributed by atoms with Crippen molar-refractivity contribution in [3.05, 3.63) is 64.2 Å². The SMILES string of the molecule is CCOC(=O)C(C)Oc1ccc(OC(C)c2sc(-c3ccc(C(F)(F)F)cc3)nc2C)cc1C. The average Bonchev–Trinajstić information content (AvgIpc) is 3.17. The standard InChI is InChI=1S/C25H26F3NO4S/c1-6-31-24(30)17(5)33-21-12-11-20(13-14(21)2)32-16(4)22-15(3)29-23(34-22)18-7-9-19(10-8-18)25(26,27)28/h7-13,16-17H,6H2,1-5H3. The predicted molar refractivity (Wildman–Crippen MR) is 124 cm³/mol. The third-order valence-electron chi connectivity index (χ3n) is 5.04. The van der Waals surface area contributed by atoms with Gasteiger partial charge in [0.15, 0.2) is 6.10 Å². The van der Waals surface area contributed by atoms with Crippen molar-refractivity contribution in [1.29, 1.82) is 0 Å². The molecule has 3 aromatic rings. The Labute approximate surface area is 200 Å². The number of thiazole rings is 1. The summed E-state index contributed by atoms with van der Waals surface area (Å²) in [7, 11) is 0. The van der Waals surface area contributed by atoms with E-state index in [-0.39, 0.29) is 12.7 Å². The quantitative estimate of drug-likeness (QED) is 0.319. The Morgan fingerprint density at radius 2 is 1.74 bits per heavy atom. The van der Waals surface area contributed by atoms with Gasteiger partial charge in [-0.1, -0.05) is 12.1 Å². The van der Waals surface area contributed by atoms with Gasteiger partial charge in [0.2, 0.25) is 0 Å². The summed E-state index contributed by atoms with van der Waals surface area (Å²) in [4.78, 5) is 17.2. The van der Waals surface area contributed by atoms with Crippen LogP contribution in [0.4, 0.5) is 13.2 Å². The van der Waals surface area contributed by atoms with E-state index in [2.05, 4.69) is 4.98 Å². The van der Waals surface area contributed by atoms with Gasteiger partial charge in [-0.25, -0.2) is 9.78 Å². The van der Waals surface area contributed by atoms with Gasteiger partial charge in [-0.15, -0.1) is 11.3 Å². The molecule has 0 bridgehead atoms. The highest BCUT2D eigenvalue weighted by atomic mass is 32.1. The van der Waals surface area contributed by atoms with Crippen LogP contribution in [-0.2, 0) is 15.7 Å². The lowest BCUT2D eigenvalue weighted by Gasteiger charge is -2.17. The topological polar surface area (TPSA) is 57.7 Å². The van der Waals surface area contributed by atoms with Crippen molar-refractivity contribution in [2.75, 3.05) is 6.61 Å². The molecule has 2 unspecified atom stereocenters. The number of aromatic nitrogens is 1. The summed E-state index contributed by atoms with van der Waals surface area (Å²) in [5.41, 5.74) is 1.48. The largest absolute Gasteiger partial charge is 0.485 e. The van der Waals surface area contributed by atoms with Crippen LogP contribution in [0.25, 0.3) is 10.6 Å². The second-order valence-electron chi connectivity index (χ2n) is 7.74.